The molecule has 0 atom stereocenters. The summed E-state index contributed by atoms with van der Waals surface area (Å²) in [6.45, 7) is 6.37. The lowest BCUT2D eigenvalue weighted by Crippen LogP contribution is -2.14. The van der Waals surface area contributed by atoms with Crippen molar-refractivity contribution in [2.45, 2.75) is 39.7 Å². The molecule has 0 aliphatic carbocycles. The van der Waals surface area contributed by atoms with Gasteiger partial charge in [0.25, 0.3) is 0 Å². The molecule has 90 valence electrons. The molecule has 16 heavy (non-hydrogen) atoms. The van der Waals surface area contributed by atoms with Crippen LogP contribution in [-0.2, 0) is 13.0 Å². The third kappa shape index (κ3) is 4.19. The molecule has 0 saturated heterocycles. The SMILES string of the molecule is CCCNCc1cc(CCC)nc(NC)c1. The maximum absolute atomic E-state index is 4.53. The Balaban J connectivity index is 2.69. The van der Waals surface area contributed by atoms with Crippen molar-refractivity contribution < 1.29 is 0 Å². The molecule has 1 aromatic heterocycles. The minimum atomic E-state index is 0.932. The van der Waals surface area contributed by atoms with E-state index in [9.17, 15) is 0 Å². The van der Waals surface area contributed by atoms with Gasteiger partial charge >= 0.3 is 0 Å². The van der Waals surface area contributed by atoms with Gasteiger partial charge in [-0.2, -0.15) is 0 Å². The van der Waals surface area contributed by atoms with E-state index in [1.807, 2.05) is 7.05 Å². The monoisotopic (exact) mass is 221 g/mol. The van der Waals surface area contributed by atoms with Crippen LogP contribution in [0, 0.1) is 0 Å². The van der Waals surface area contributed by atoms with Gasteiger partial charge in [0.05, 0.1) is 0 Å². The molecular weight excluding hydrogens is 198 g/mol. The van der Waals surface area contributed by atoms with Crippen LogP contribution in [0.2, 0.25) is 0 Å². The van der Waals surface area contributed by atoms with Crippen LogP contribution in [0.1, 0.15) is 37.9 Å². The first kappa shape index (κ1) is 13.0. The number of hydrogen-bond acceptors (Lipinski definition) is 3. The zero-order valence-electron chi connectivity index (χ0n) is 10.6. The second kappa shape index (κ2) is 7.23. The molecule has 1 aromatic rings. The van der Waals surface area contributed by atoms with E-state index in [2.05, 4.69) is 41.6 Å². The summed E-state index contributed by atoms with van der Waals surface area (Å²) in [6.07, 6.45) is 3.37. The van der Waals surface area contributed by atoms with Gasteiger partial charge in [-0.05, 0) is 37.1 Å². The number of anilines is 1. The van der Waals surface area contributed by atoms with Crippen molar-refractivity contribution in [1.82, 2.24) is 10.3 Å². The van der Waals surface area contributed by atoms with Crippen molar-refractivity contribution in [3.8, 4) is 0 Å². The highest BCUT2D eigenvalue weighted by Gasteiger charge is 2.01. The second-order valence-electron chi connectivity index (χ2n) is 4.03. The largest absolute Gasteiger partial charge is 0.373 e. The Morgan fingerprint density at radius 1 is 1.19 bits per heavy atom. The Bertz CT molecular complexity index is 310. The molecule has 0 spiro atoms. The van der Waals surface area contributed by atoms with Crippen molar-refractivity contribution in [2.75, 3.05) is 18.9 Å². The van der Waals surface area contributed by atoms with Gasteiger partial charge in [0.2, 0.25) is 0 Å². The average molecular weight is 221 g/mol. The number of pyridine rings is 1. The van der Waals surface area contributed by atoms with Crippen LogP contribution in [0.15, 0.2) is 12.1 Å². The van der Waals surface area contributed by atoms with Crippen LogP contribution in [0.3, 0.4) is 0 Å². The molecule has 3 heteroatoms. The number of aryl methyl sites for hydroxylation is 1. The van der Waals surface area contributed by atoms with E-state index in [0.29, 0.717) is 0 Å². The number of hydrogen-bond donors (Lipinski definition) is 2. The molecule has 0 aromatic carbocycles. The zero-order chi connectivity index (χ0) is 11.8. The lowest BCUT2D eigenvalue weighted by atomic mass is 10.1. The molecule has 0 radical (unpaired) electrons. The Labute approximate surface area is 98.7 Å². The predicted molar refractivity (Wildman–Crippen MR) is 69.8 cm³/mol. The highest BCUT2D eigenvalue weighted by Crippen LogP contribution is 2.11. The van der Waals surface area contributed by atoms with E-state index in [4.69, 9.17) is 0 Å². The molecule has 1 heterocycles. The summed E-state index contributed by atoms with van der Waals surface area (Å²) in [4.78, 5) is 4.53. The van der Waals surface area contributed by atoms with Gasteiger partial charge in [-0.25, -0.2) is 4.98 Å². The molecule has 2 N–H and O–H groups in total. The molecule has 3 nitrogen and oxygen atoms in total. The number of rotatable bonds is 7. The van der Waals surface area contributed by atoms with E-state index in [1.54, 1.807) is 0 Å². The Kier molecular flexibility index (Phi) is 5.86. The first-order valence-electron chi connectivity index (χ1n) is 6.18. The summed E-state index contributed by atoms with van der Waals surface area (Å²) < 4.78 is 0. The predicted octanol–water partition coefficient (Wildman–Crippen LogP) is 2.58. The Morgan fingerprint density at radius 2 is 2.00 bits per heavy atom. The summed E-state index contributed by atoms with van der Waals surface area (Å²) in [7, 11) is 1.92. The standard InChI is InChI=1S/C13H23N3/c1-4-6-12-8-11(10-15-7-5-2)9-13(14-3)16-12/h8-9,15H,4-7,10H2,1-3H3,(H,14,16). The van der Waals surface area contributed by atoms with Gasteiger partial charge in [0.1, 0.15) is 5.82 Å². The van der Waals surface area contributed by atoms with Crippen LogP contribution in [0.25, 0.3) is 0 Å². The van der Waals surface area contributed by atoms with E-state index in [0.717, 1.165) is 31.7 Å². The van der Waals surface area contributed by atoms with E-state index in [-0.39, 0.29) is 0 Å². The average Bonchev–Trinajstić information content (AvgIpc) is 2.29. The van der Waals surface area contributed by atoms with Gasteiger partial charge in [0, 0.05) is 19.3 Å². The molecule has 0 fully saturated rings. The summed E-state index contributed by atoms with van der Waals surface area (Å²) in [5, 5.41) is 6.53. The minimum Gasteiger partial charge on any atom is -0.373 e. The topological polar surface area (TPSA) is 37.0 Å². The van der Waals surface area contributed by atoms with Gasteiger partial charge < -0.3 is 10.6 Å². The van der Waals surface area contributed by atoms with Crippen molar-refractivity contribution in [2.24, 2.45) is 0 Å². The van der Waals surface area contributed by atoms with E-state index in [1.165, 1.54) is 17.7 Å². The summed E-state index contributed by atoms with van der Waals surface area (Å²) >= 11 is 0. The molecule has 0 amide bonds. The molecule has 0 saturated carbocycles. The van der Waals surface area contributed by atoms with Gasteiger partial charge in [-0.15, -0.1) is 0 Å². The highest BCUT2D eigenvalue weighted by atomic mass is 15.0. The summed E-state index contributed by atoms with van der Waals surface area (Å²) in [6, 6.07) is 4.31. The summed E-state index contributed by atoms with van der Waals surface area (Å²) in [5.41, 5.74) is 2.50. The van der Waals surface area contributed by atoms with Gasteiger partial charge in [-0.1, -0.05) is 20.3 Å². The van der Waals surface area contributed by atoms with E-state index >= 15 is 0 Å². The minimum absolute atomic E-state index is 0.932. The lowest BCUT2D eigenvalue weighted by Gasteiger charge is -2.09. The van der Waals surface area contributed by atoms with Crippen LogP contribution in [0.4, 0.5) is 5.82 Å². The zero-order valence-corrected chi connectivity index (χ0v) is 10.6. The molecule has 0 aliphatic heterocycles. The number of nitrogens with zero attached hydrogens (tertiary/aromatic N) is 1. The van der Waals surface area contributed by atoms with Crippen molar-refractivity contribution in [3.63, 3.8) is 0 Å². The second-order valence-corrected chi connectivity index (χ2v) is 4.03. The Morgan fingerprint density at radius 3 is 2.62 bits per heavy atom. The fourth-order valence-electron chi connectivity index (χ4n) is 1.67. The first-order valence-corrected chi connectivity index (χ1v) is 6.18. The van der Waals surface area contributed by atoms with Crippen LogP contribution in [-0.4, -0.2) is 18.6 Å². The molecule has 0 aliphatic rings. The quantitative estimate of drug-likeness (QED) is 0.695. The fourth-order valence-corrected chi connectivity index (χ4v) is 1.67. The van der Waals surface area contributed by atoms with E-state index < -0.39 is 0 Å². The van der Waals surface area contributed by atoms with Crippen LogP contribution < -0.4 is 10.6 Å². The molecule has 0 bridgehead atoms. The third-order valence-electron chi connectivity index (χ3n) is 2.46. The van der Waals surface area contributed by atoms with Crippen LogP contribution in [0.5, 0.6) is 0 Å². The smallest absolute Gasteiger partial charge is 0.126 e. The van der Waals surface area contributed by atoms with Gasteiger partial charge in [-0.3, -0.25) is 0 Å². The van der Waals surface area contributed by atoms with Crippen molar-refractivity contribution >= 4 is 5.82 Å². The lowest BCUT2D eigenvalue weighted by molar-refractivity contribution is 0.674. The highest BCUT2D eigenvalue weighted by molar-refractivity contribution is 5.39. The normalized spacial score (nSPS) is 10.4. The molecule has 1 rings (SSSR count). The van der Waals surface area contributed by atoms with Crippen molar-refractivity contribution in [3.05, 3.63) is 23.4 Å². The number of nitrogens with one attached hydrogen (secondary N) is 2. The van der Waals surface area contributed by atoms with Gasteiger partial charge in [0.15, 0.2) is 0 Å². The molecule has 0 unspecified atom stereocenters. The fraction of sp³-hybridized carbons (Fsp3) is 0.615. The first-order chi connectivity index (χ1) is 7.80. The number of aromatic nitrogens is 1. The summed E-state index contributed by atoms with van der Waals surface area (Å²) in [5.74, 6) is 0.972. The van der Waals surface area contributed by atoms with Crippen molar-refractivity contribution in [1.29, 1.82) is 0 Å². The maximum atomic E-state index is 4.53. The maximum Gasteiger partial charge on any atom is 0.126 e. The molecular formula is C13H23N3. The van der Waals surface area contributed by atoms with Crippen LogP contribution >= 0.6 is 0 Å². The third-order valence-corrected chi connectivity index (χ3v) is 2.46. The Hall–Kier alpha value is -1.09.